The monoisotopic (exact) mass is 255 g/mol. The lowest BCUT2D eigenvalue weighted by Crippen LogP contribution is -2.52. The van der Waals surface area contributed by atoms with Crippen molar-refractivity contribution in [2.75, 3.05) is 39.4 Å². The zero-order valence-corrected chi connectivity index (χ0v) is 11.1. The lowest BCUT2D eigenvalue weighted by atomic mass is 9.98. The van der Waals surface area contributed by atoms with Crippen molar-refractivity contribution in [2.24, 2.45) is 5.73 Å². The molecule has 3 N–H and O–H groups in total. The molecule has 0 unspecified atom stereocenters. The molecular formula is C13H25N3O2. The van der Waals surface area contributed by atoms with Crippen molar-refractivity contribution in [3.8, 4) is 0 Å². The van der Waals surface area contributed by atoms with Gasteiger partial charge in [0.05, 0.1) is 18.8 Å². The van der Waals surface area contributed by atoms with Crippen molar-refractivity contribution in [3.05, 3.63) is 0 Å². The standard InChI is InChI=1S/C13H25N3O2/c14-13(4-1-2-5-13)12(17)15-6-3-7-16-8-10-18-11-9-16/h1-11,14H2,(H,15,17). The molecule has 1 amide bonds. The van der Waals surface area contributed by atoms with Gasteiger partial charge in [-0.1, -0.05) is 12.8 Å². The van der Waals surface area contributed by atoms with E-state index in [-0.39, 0.29) is 5.91 Å². The molecule has 0 radical (unpaired) electrons. The molecule has 1 aliphatic carbocycles. The quantitative estimate of drug-likeness (QED) is 0.684. The molecule has 0 aromatic carbocycles. The summed E-state index contributed by atoms with van der Waals surface area (Å²) in [5.74, 6) is 0.0435. The second-order valence-corrected chi connectivity index (χ2v) is 5.43. The van der Waals surface area contributed by atoms with Gasteiger partial charge in [0.25, 0.3) is 0 Å². The van der Waals surface area contributed by atoms with Crippen LogP contribution in [0.4, 0.5) is 0 Å². The van der Waals surface area contributed by atoms with Crippen molar-refractivity contribution >= 4 is 5.91 Å². The summed E-state index contributed by atoms with van der Waals surface area (Å²) < 4.78 is 5.30. The Balaban J connectivity index is 1.58. The van der Waals surface area contributed by atoms with Gasteiger partial charge in [0.1, 0.15) is 0 Å². The second kappa shape index (κ2) is 6.50. The summed E-state index contributed by atoms with van der Waals surface area (Å²) in [4.78, 5) is 14.3. The van der Waals surface area contributed by atoms with Crippen LogP contribution in [-0.4, -0.2) is 55.7 Å². The Morgan fingerprint density at radius 2 is 1.94 bits per heavy atom. The summed E-state index contributed by atoms with van der Waals surface area (Å²) >= 11 is 0. The largest absolute Gasteiger partial charge is 0.379 e. The molecule has 18 heavy (non-hydrogen) atoms. The third kappa shape index (κ3) is 3.67. The van der Waals surface area contributed by atoms with Crippen molar-refractivity contribution in [3.63, 3.8) is 0 Å². The Morgan fingerprint density at radius 1 is 1.28 bits per heavy atom. The maximum Gasteiger partial charge on any atom is 0.240 e. The summed E-state index contributed by atoms with van der Waals surface area (Å²) in [6, 6.07) is 0. The van der Waals surface area contributed by atoms with E-state index in [9.17, 15) is 4.79 Å². The normalized spacial score (nSPS) is 24.1. The molecule has 0 bridgehead atoms. The van der Waals surface area contributed by atoms with E-state index in [1.165, 1.54) is 0 Å². The predicted octanol–water partition coefficient (Wildman–Crippen LogP) is 0.0964. The van der Waals surface area contributed by atoms with Crippen LogP contribution < -0.4 is 11.1 Å². The van der Waals surface area contributed by atoms with Crippen LogP contribution in [0.2, 0.25) is 0 Å². The third-order valence-electron chi connectivity index (χ3n) is 3.99. The van der Waals surface area contributed by atoms with Crippen LogP contribution in [0.25, 0.3) is 0 Å². The molecule has 1 saturated heterocycles. The molecule has 1 aliphatic heterocycles. The van der Waals surface area contributed by atoms with Crippen molar-refractivity contribution in [2.45, 2.75) is 37.6 Å². The van der Waals surface area contributed by atoms with Crippen LogP contribution in [0.15, 0.2) is 0 Å². The number of nitrogens with zero attached hydrogens (tertiary/aromatic N) is 1. The highest BCUT2D eigenvalue weighted by atomic mass is 16.5. The third-order valence-corrected chi connectivity index (χ3v) is 3.99. The molecule has 104 valence electrons. The van der Waals surface area contributed by atoms with E-state index in [1.54, 1.807) is 0 Å². The molecule has 0 aromatic heterocycles. The van der Waals surface area contributed by atoms with E-state index in [0.717, 1.165) is 71.5 Å². The molecule has 5 heteroatoms. The molecule has 1 saturated carbocycles. The highest BCUT2D eigenvalue weighted by Crippen LogP contribution is 2.27. The number of rotatable bonds is 5. The van der Waals surface area contributed by atoms with Gasteiger partial charge in [-0.25, -0.2) is 0 Å². The van der Waals surface area contributed by atoms with Gasteiger partial charge >= 0.3 is 0 Å². The summed E-state index contributed by atoms with van der Waals surface area (Å²) in [5.41, 5.74) is 5.50. The minimum atomic E-state index is -0.584. The summed E-state index contributed by atoms with van der Waals surface area (Å²) in [7, 11) is 0. The first-order chi connectivity index (χ1) is 8.71. The van der Waals surface area contributed by atoms with Gasteiger partial charge in [-0.15, -0.1) is 0 Å². The summed E-state index contributed by atoms with van der Waals surface area (Å²) in [6.07, 6.45) is 4.82. The first kappa shape index (κ1) is 13.8. The maximum absolute atomic E-state index is 11.9. The lowest BCUT2D eigenvalue weighted by Gasteiger charge is -2.27. The van der Waals surface area contributed by atoms with E-state index in [4.69, 9.17) is 10.5 Å². The fourth-order valence-electron chi connectivity index (χ4n) is 2.74. The van der Waals surface area contributed by atoms with Crippen molar-refractivity contribution < 1.29 is 9.53 Å². The maximum atomic E-state index is 11.9. The molecule has 5 nitrogen and oxygen atoms in total. The zero-order valence-electron chi connectivity index (χ0n) is 11.1. The van der Waals surface area contributed by atoms with Crippen LogP contribution in [0, 0.1) is 0 Å². The minimum Gasteiger partial charge on any atom is -0.379 e. The fourth-order valence-corrected chi connectivity index (χ4v) is 2.74. The van der Waals surface area contributed by atoms with Crippen molar-refractivity contribution in [1.29, 1.82) is 0 Å². The van der Waals surface area contributed by atoms with Gasteiger partial charge in [0, 0.05) is 19.6 Å². The number of nitrogens with one attached hydrogen (secondary N) is 1. The molecule has 1 heterocycles. The van der Waals surface area contributed by atoms with E-state index in [2.05, 4.69) is 10.2 Å². The zero-order chi connectivity index (χ0) is 12.8. The number of carbonyl (C=O) groups is 1. The highest BCUT2D eigenvalue weighted by Gasteiger charge is 2.36. The molecule has 0 spiro atoms. The first-order valence-corrected chi connectivity index (χ1v) is 7.08. The first-order valence-electron chi connectivity index (χ1n) is 7.08. The Hall–Kier alpha value is -0.650. The fraction of sp³-hybridized carbons (Fsp3) is 0.923. The van der Waals surface area contributed by atoms with Crippen LogP contribution in [0.5, 0.6) is 0 Å². The van der Waals surface area contributed by atoms with Gasteiger partial charge in [-0.2, -0.15) is 0 Å². The Bertz CT molecular complexity index is 271. The highest BCUT2D eigenvalue weighted by molar-refractivity contribution is 5.86. The number of hydrogen-bond acceptors (Lipinski definition) is 4. The second-order valence-electron chi connectivity index (χ2n) is 5.43. The van der Waals surface area contributed by atoms with E-state index in [1.807, 2.05) is 0 Å². The van der Waals surface area contributed by atoms with E-state index < -0.39 is 5.54 Å². The predicted molar refractivity (Wildman–Crippen MR) is 70.3 cm³/mol. The number of ether oxygens (including phenoxy) is 1. The average Bonchev–Trinajstić information content (AvgIpc) is 2.84. The molecular weight excluding hydrogens is 230 g/mol. The smallest absolute Gasteiger partial charge is 0.240 e. The minimum absolute atomic E-state index is 0.0435. The van der Waals surface area contributed by atoms with Crippen LogP contribution in [0.1, 0.15) is 32.1 Å². The number of amides is 1. The van der Waals surface area contributed by atoms with Gasteiger partial charge in [-0.05, 0) is 25.8 Å². The van der Waals surface area contributed by atoms with Gasteiger partial charge in [0.2, 0.25) is 5.91 Å². The van der Waals surface area contributed by atoms with Crippen LogP contribution >= 0.6 is 0 Å². The molecule has 0 aromatic rings. The lowest BCUT2D eigenvalue weighted by molar-refractivity contribution is -0.126. The number of carbonyl (C=O) groups excluding carboxylic acids is 1. The number of morpholine rings is 1. The Kier molecular flexibility index (Phi) is 4.97. The number of nitrogens with two attached hydrogens (primary N) is 1. The van der Waals surface area contributed by atoms with Gasteiger partial charge in [-0.3, -0.25) is 9.69 Å². The molecule has 2 fully saturated rings. The molecule has 0 atom stereocenters. The summed E-state index contributed by atoms with van der Waals surface area (Å²) in [6.45, 7) is 5.44. The molecule has 2 rings (SSSR count). The van der Waals surface area contributed by atoms with Crippen LogP contribution in [-0.2, 0) is 9.53 Å². The van der Waals surface area contributed by atoms with E-state index >= 15 is 0 Å². The van der Waals surface area contributed by atoms with E-state index in [0.29, 0.717) is 0 Å². The summed E-state index contributed by atoms with van der Waals surface area (Å²) in [5, 5.41) is 2.98. The topological polar surface area (TPSA) is 67.6 Å². The molecule has 2 aliphatic rings. The van der Waals surface area contributed by atoms with Crippen LogP contribution in [0.3, 0.4) is 0 Å². The Labute approximate surface area is 109 Å². The number of hydrogen-bond donors (Lipinski definition) is 2. The SMILES string of the molecule is NC1(C(=O)NCCCN2CCOCC2)CCCC1. The van der Waals surface area contributed by atoms with Gasteiger partial charge in [0.15, 0.2) is 0 Å². The van der Waals surface area contributed by atoms with Gasteiger partial charge < -0.3 is 15.8 Å². The Morgan fingerprint density at radius 3 is 2.61 bits per heavy atom. The van der Waals surface area contributed by atoms with Crippen molar-refractivity contribution in [1.82, 2.24) is 10.2 Å². The average molecular weight is 255 g/mol.